The first-order valence-electron chi connectivity index (χ1n) is 4.78. The van der Waals surface area contributed by atoms with Crippen LogP contribution in [0.15, 0.2) is 24.3 Å². The monoisotopic (exact) mass is 193 g/mol. The first-order chi connectivity index (χ1) is 5.99. The molecule has 0 radical (unpaired) electrons. The van der Waals surface area contributed by atoms with E-state index in [4.69, 9.17) is 0 Å². The van der Waals surface area contributed by atoms with Gasteiger partial charge in [-0.2, -0.15) is 0 Å². The Kier molecular flexibility index (Phi) is 3.39. The summed E-state index contributed by atoms with van der Waals surface area (Å²) in [5.41, 5.74) is 2.60. The van der Waals surface area contributed by atoms with Crippen LogP contribution in [0.3, 0.4) is 0 Å². The Balaban J connectivity index is 2.56. The molecule has 72 valence electrons. The molecule has 0 aromatic carbocycles. The highest BCUT2D eigenvalue weighted by atomic mass is 28.2. The lowest BCUT2D eigenvalue weighted by atomic mass is 10.1. The van der Waals surface area contributed by atoms with Crippen molar-refractivity contribution in [2.75, 3.05) is 0 Å². The van der Waals surface area contributed by atoms with E-state index < -0.39 is 0 Å². The van der Waals surface area contributed by atoms with E-state index in [1.165, 1.54) is 0 Å². The van der Waals surface area contributed by atoms with Crippen molar-refractivity contribution >= 4 is 14.1 Å². The molecule has 0 saturated carbocycles. The molecule has 1 aliphatic carbocycles. The van der Waals surface area contributed by atoms with Crippen molar-refractivity contribution in [3.05, 3.63) is 24.3 Å². The molecule has 1 rings (SSSR count). The fourth-order valence-electron chi connectivity index (χ4n) is 1.72. The fourth-order valence-corrected chi connectivity index (χ4v) is 3.25. The van der Waals surface area contributed by atoms with Crippen molar-refractivity contribution in [3.63, 3.8) is 0 Å². The van der Waals surface area contributed by atoms with Gasteiger partial charge in [0.05, 0.1) is 0 Å². The molecule has 0 bridgehead atoms. The van der Waals surface area contributed by atoms with Crippen LogP contribution in [0.5, 0.6) is 0 Å². The quantitative estimate of drug-likeness (QED) is 0.676. The highest BCUT2D eigenvalue weighted by Crippen LogP contribution is 2.06. The van der Waals surface area contributed by atoms with Gasteiger partial charge in [-0.15, -0.1) is 0 Å². The van der Waals surface area contributed by atoms with Gasteiger partial charge in [0, 0.05) is 20.0 Å². The molecule has 0 heterocycles. The van der Waals surface area contributed by atoms with Crippen molar-refractivity contribution < 1.29 is 0 Å². The summed E-state index contributed by atoms with van der Waals surface area (Å²) in [5, 5.41) is 3.58. The summed E-state index contributed by atoms with van der Waals surface area (Å²) in [6.07, 6.45) is 8.57. The minimum Gasteiger partial charge on any atom is -0.299 e. The van der Waals surface area contributed by atoms with E-state index >= 15 is 0 Å². The van der Waals surface area contributed by atoms with E-state index in [9.17, 15) is 0 Å². The van der Waals surface area contributed by atoms with Crippen LogP contribution < -0.4 is 5.32 Å². The number of nitrogens with one attached hydrogen (secondary N) is 1. The predicted molar refractivity (Wildman–Crippen MR) is 62.8 cm³/mol. The Morgan fingerprint density at radius 2 is 1.77 bits per heavy atom. The zero-order valence-corrected chi connectivity index (χ0v) is 9.96. The number of hydrogen-bond donors (Lipinski definition) is 1. The molecule has 1 N–H and O–H groups in total. The van der Waals surface area contributed by atoms with E-state index in [1.807, 2.05) is 0 Å². The lowest BCUT2D eigenvalue weighted by Crippen LogP contribution is -2.46. The standard InChI is InChI=1S/C11H19NSi/c1-11(2,9-13(3)4)12-10-7-5-6-8-10/h5-10,12H,1-4H3. The molecular formula is C11H19NSi. The van der Waals surface area contributed by atoms with Gasteiger partial charge in [0.25, 0.3) is 0 Å². The Labute approximate surface area is 82.8 Å². The Bertz CT molecular complexity index is 245. The van der Waals surface area contributed by atoms with Crippen LogP contribution in [-0.2, 0) is 0 Å². The van der Waals surface area contributed by atoms with Gasteiger partial charge in [0.15, 0.2) is 0 Å². The highest BCUT2D eigenvalue weighted by Gasteiger charge is 2.17. The summed E-state index contributed by atoms with van der Waals surface area (Å²) >= 11 is 0. The van der Waals surface area contributed by atoms with Crippen LogP contribution >= 0.6 is 0 Å². The molecule has 0 aliphatic heterocycles. The second-order valence-corrected chi connectivity index (χ2v) is 6.83. The van der Waals surface area contributed by atoms with Gasteiger partial charge >= 0.3 is 0 Å². The summed E-state index contributed by atoms with van der Waals surface area (Å²) in [5.74, 6) is 0. The average molecular weight is 193 g/mol. The molecule has 0 unspecified atom stereocenters. The van der Waals surface area contributed by atoms with Crippen LogP contribution in [0.1, 0.15) is 13.8 Å². The van der Waals surface area contributed by atoms with Gasteiger partial charge in [-0.05, 0) is 13.8 Å². The SMILES string of the molecule is C[Si](C)=CC(C)(C)NC1C=CC=C1. The lowest BCUT2D eigenvalue weighted by molar-refractivity contribution is 0.510. The summed E-state index contributed by atoms with van der Waals surface area (Å²) in [6.45, 7) is 9.11. The smallest absolute Gasteiger partial charge is 0.0448 e. The Morgan fingerprint density at radius 3 is 2.23 bits per heavy atom. The molecule has 0 spiro atoms. The molecule has 0 amide bonds. The van der Waals surface area contributed by atoms with E-state index in [0.717, 1.165) is 0 Å². The molecule has 0 aromatic rings. The van der Waals surface area contributed by atoms with Crippen molar-refractivity contribution in [2.24, 2.45) is 0 Å². The molecule has 0 atom stereocenters. The van der Waals surface area contributed by atoms with Gasteiger partial charge < -0.3 is 0 Å². The van der Waals surface area contributed by atoms with Crippen molar-refractivity contribution in [1.82, 2.24) is 5.32 Å². The third-order valence-corrected chi connectivity index (χ3v) is 3.24. The normalized spacial score (nSPS) is 16.6. The maximum absolute atomic E-state index is 3.58. The highest BCUT2D eigenvalue weighted by molar-refractivity contribution is 6.64. The third-order valence-electron chi connectivity index (χ3n) is 1.94. The minimum absolute atomic E-state index is 0.154. The zero-order valence-electron chi connectivity index (χ0n) is 8.96. The third kappa shape index (κ3) is 3.83. The average Bonchev–Trinajstić information content (AvgIpc) is 2.34. The zero-order chi connectivity index (χ0) is 9.90. The molecule has 1 nitrogen and oxygen atoms in total. The second kappa shape index (κ2) is 4.16. The molecule has 0 saturated heterocycles. The molecule has 0 fully saturated rings. The number of hydrogen-bond acceptors (Lipinski definition) is 1. The van der Waals surface area contributed by atoms with Gasteiger partial charge in [-0.25, -0.2) is 0 Å². The summed E-state index contributed by atoms with van der Waals surface area (Å²) in [6, 6.07) is 0.424. The van der Waals surface area contributed by atoms with E-state index in [1.54, 1.807) is 0 Å². The van der Waals surface area contributed by atoms with E-state index in [-0.39, 0.29) is 13.9 Å². The van der Waals surface area contributed by atoms with Gasteiger partial charge in [0.1, 0.15) is 0 Å². The van der Waals surface area contributed by atoms with Crippen molar-refractivity contribution in [3.8, 4) is 0 Å². The van der Waals surface area contributed by atoms with Crippen LogP contribution in [-0.4, -0.2) is 25.7 Å². The van der Waals surface area contributed by atoms with Crippen LogP contribution in [0.25, 0.3) is 0 Å². The van der Waals surface area contributed by atoms with Gasteiger partial charge in [-0.3, -0.25) is 5.32 Å². The number of rotatable bonds is 3. The Hall–Kier alpha value is -0.473. The van der Waals surface area contributed by atoms with E-state index in [0.29, 0.717) is 6.04 Å². The van der Waals surface area contributed by atoms with Gasteiger partial charge in [-0.1, -0.05) is 43.1 Å². The molecular weight excluding hydrogens is 174 g/mol. The lowest BCUT2D eigenvalue weighted by Gasteiger charge is -2.26. The largest absolute Gasteiger partial charge is 0.299 e. The maximum atomic E-state index is 3.58. The first-order valence-corrected chi connectivity index (χ1v) is 7.36. The minimum atomic E-state index is -0.268. The molecule has 0 aromatic heterocycles. The number of allylic oxidation sites excluding steroid dienone is 2. The topological polar surface area (TPSA) is 12.0 Å². The molecule has 13 heavy (non-hydrogen) atoms. The van der Waals surface area contributed by atoms with Crippen LogP contribution in [0, 0.1) is 0 Å². The Morgan fingerprint density at radius 1 is 1.23 bits per heavy atom. The second-order valence-electron chi connectivity index (χ2n) is 4.38. The van der Waals surface area contributed by atoms with Crippen LogP contribution in [0.2, 0.25) is 13.1 Å². The summed E-state index contributed by atoms with van der Waals surface area (Å²) in [4.78, 5) is 0. The fraction of sp³-hybridized carbons (Fsp3) is 0.545. The maximum Gasteiger partial charge on any atom is 0.0448 e. The van der Waals surface area contributed by atoms with Crippen molar-refractivity contribution in [2.45, 2.75) is 38.5 Å². The van der Waals surface area contributed by atoms with Crippen molar-refractivity contribution in [1.29, 1.82) is 0 Å². The van der Waals surface area contributed by atoms with Crippen LogP contribution in [0.4, 0.5) is 0 Å². The summed E-state index contributed by atoms with van der Waals surface area (Å²) in [7, 11) is -0.268. The first kappa shape index (κ1) is 10.6. The predicted octanol–water partition coefficient (Wildman–Crippen LogP) is 1.99. The molecule has 1 aliphatic rings. The van der Waals surface area contributed by atoms with Gasteiger partial charge in [0.2, 0.25) is 0 Å². The van der Waals surface area contributed by atoms with E-state index in [2.05, 4.69) is 62.2 Å². The molecule has 2 heteroatoms. The summed E-state index contributed by atoms with van der Waals surface area (Å²) < 4.78 is 0.